The molecule has 0 saturated carbocycles. The third kappa shape index (κ3) is 2.99. The fourth-order valence-electron chi connectivity index (χ4n) is 0.980. The average molecular weight is 180 g/mol. The Morgan fingerprint density at radius 3 is 2.77 bits per heavy atom. The molecule has 0 radical (unpaired) electrons. The number of rotatable bonds is 2. The van der Waals surface area contributed by atoms with Gasteiger partial charge in [-0.3, -0.25) is 0 Å². The van der Waals surface area contributed by atoms with E-state index >= 15 is 0 Å². The molecule has 1 atom stereocenters. The number of aliphatic hydroxyl groups is 1. The Kier molecular flexibility index (Phi) is 3.20. The predicted octanol–water partition coefficient (Wildman–Crippen LogP) is 2.61. The van der Waals surface area contributed by atoms with Gasteiger partial charge < -0.3 is 5.11 Å². The first-order valence-corrected chi connectivity index (χ1v) is 4.21. The van der Waals surface area contributed by atoms with E-state index in [9.17, 15) is 9.50 Å². The molecule has 1 unspecified atom stereocenters. The van der Waals surface area contributed by atoms with Gasteiger partial charge in [0.25, 0.3) is 0 Å². The van der Waals surface area contributed by atoms with Crippen LogP contribution in [0, 0.1) is 5.82 Å². The van der Waals surface area contributed by atoms with Gasteiger partial charge in [-0.15, -0.1) is 0 Å². The lowest BCUT2D eigenvalue weighted by Crippen LogP contribution is -2.00. The van der Waals surface area contributed by atoms with Crippen LogP contribution in [-0.2, 0) is 0 Å². The molecule has 0 saturated heterocycles. The van der Waals surface area contributed by atoms with E-state index in [1.807, 2.05) is 6.92 Å². The molecule has 0 fully saturated rings. The van der Waals surface area contributed by atoms with Crippen LogP contribution in [0.3, 0.4) is 0 Å². The van der Waals surface area contributed by atoms with Gasteiger partial charge in [-0.25, -0.2) is 4.39 Å². The highest BCUT2D eigenvalue weighted by atomic mass is 19.1. The first kappa shape index (κ1) is 9.93. The lowest BCUT2D eigenvalue weighted by atomic mass is 10.1. The fourth-order valence-corrected chi connectivity index (χ4v) is 0.980. The van der Waals surface area contributed by atoms with Crippen LogP contribution in [0.5, 0.6) is 0 Å². The van der Waals surface area contributed by atoms with Gasteiger partial charge >= 0.3 is 0 Å². The van der Waals surface area contributed by atoms with E-state index < -0.39 is 6.10 Å². The largest absolute Gasteiger partial charge is 0.389 e. The van der Waals surface area contributed by atoms with Crippen molar-refractivity contribution in [1.29, 1.82) is 0 Å². The molecular formula is C11H13FO. The second-order valence-electron chi connectivity index (χ2n) is 3.12. The smallest absolute Gasteiger partial charge is 0.123 e. The summed E-state index contributed by atoms with van der Waals surface area (Å²) in [6.45, 7) is 3.50. The molecule has 70 valence electrons. The van der Waals surface area contributed by atoms with E-state index in [0.717, 1.165) is 11.1 Å². The molecule has 0 aromatic heterocycles. The summed E-state index contributed by atoms with van der Waals surface area (Å²) in [6.07, 6.45) is 1.29. The average Bonchev–Trinajstić information content (AvgIpc) is 2.04. The Hall–Kier alpha value is -1.15. The zero-order valence-corrected chi connectivity index (χ0v) is 7.79. The third-order valence-corrected chi connectivity index (χ3v) is 1.90. The molecule has 0 amide bonds. The van der Waals surface area contributed by atoms with Crippen LogP contribution < -0.4 is 0 Å². The van der Waals surface area contributed by atoms with Crippen molar-refractivity contribution in [2.75, 3.05) is 0 Å². The maximum atomic E-state index is 12.7. The first-order chi connectivity index (χ1) is 6.09. The van der Waals surface area contributed by atoms with Gasteiger partial charge in [-0.2, -0.15) is 0 Å². The quantitative estimate of drug-likeness (QED) is 0.741. The maximum absolute atomic E-state index is 12.7. The maximum Gasteiger partial charge on any atom is 0.123 e. The van der Waals surface area contributed by atoms with Crippen molar-refractivity contribution in [3.8, 4) is 0 Å². The van der Waals surface area contributed by atoms with E-state index in [1.165, 1.54) is 12.1 Å². The Morgan fingerprint density at radius 2 is 2.23 bits per heavy atom. The normalized spacial score (nSPS) is 14.3. The minimum absolute atomic E-state index is 0.257. The minimum atomic E-state index is -0.483. The summed E-state index contributed by atoms with van der Waals surface area (Å²) in [5.74, 6) is -0.257. The van der Waals surface area contributed by atoms with Gasteiger partial charge in [0, 0.05) is 0 Å². The van der Waals surface area contributed by atoms with Crippen molar-refractivity contribution in [1.82, 2.24) is 0 Å². The molecule has 0 bridgehead atoms. The monoisotopic (exact) mass is 180 g/mol. The van der Waals surface area contributed by atoms with Crippen LogP contribution in [0.4, 0.5) is 4.39 Å². The van der Waals surface area contributed by atoms with Gasteiger partial charge in [0.05, 0.1) is 6.10 Å². The van der Waals surface area contributed by atoms with Gasteiger partial charge in [-0.1, -0.05) is 18.2 Å². The van der Waals surface area contributed by atoms with E-state index in [2.05, 4.69) is 0 Å². The molecule has 1 aromatic carbocycles. The second-order valence-corrected chi connectivity index (χ2v) is 3.12. The van der Waals surface area contributed by atoms with Crippen molar-refractivity contribution in [2.45, 2.75) is 20.0 Å². The van der Waals surface area contributed by atoms with Crippen molar-refractivity contribution >= 4 is 6.08 Å². The Balaban J connectivity index is 2.91. The summed E-state index contributed by atoms with van der Waals surface area (Å²) in [6, 6.07) is 6.28. The summed E-state index contributed by atoms with van der Waals surface area (Å²) in [4.78, 5) is 0. The fraction of sp³-hybridized carbons (Fsp3) is 0.273. The molecule has 0 aliphatic rings. The summed E-state index contributed by atoms with van der Waals surface area (Å²) < 4.78 is 12.7. The van der Waals surface area contributed by atoms with Crippen LogP contribution in [0.25, 0.3) is 6.08 Å². The van der Waals surface area contributed by atoms with E-state index in [4.69, 9.17) is 0 Å². The van der Waals surface area contributed by atoms with Crippen LogP contribution in [-0.4, -0.2) is 11.2 Å². The standard InChI is InChI=1S/C11H13FO/c1-8(9(2)13)6-10-4-3-5-11(12)7-10/h3-7,9,13H,1-2H3/b8-6+. The molecule has 0 aliphatic heterocycles. The lowest BCUT2D eigenvalue weighted by Gasteiger charge is -2.03. The number of halogens is 1. The van der Waals surface area contributed by atoms with Crippen LogP contribution in [0.1, 0.15) is 19.4 Å². The second kappa shape index (κ2) is 4.19. The summed E-state index contributed by atoms with van der Waals surface area (Å²) in [7, 11) is 0. The van der Waals surface area contributed by atoms with Crippen LogP contribution in [0.2, 0.25) is 0 Å². The molecule has 0 spiro atoms. The molecular weight excluding hydrogens is 167 g/mol. The Bertz CT molecular complexity index is 316. The molecule has 1 N–H and O–H groups in total. The number of aliphatic hydroxyl groups excluding tert-OH is 1. The molecule has 0 aliphatic carbocycles. The number of benzene rings is 1. The highest BCUT2D eigenvalue weighted by Gasteiger charge is 1.98. The molecule has 1 nitrogen and oxygen atoms in total. The van der Waals surface area contributed by atoms with Gasteiger partial charge in [-0.05, 0) is 37.1 Å². The summed E-state index contributed by atoms with van der Waals surface area (Å²) in [5, 5.41) is 9.19. The van der Waals surface area contributed by atoms with Gasteiger partial charge in [0.15, 0.2) is 0 Å². The van der Waals surface area contributed by atoms with E-state index in [1.54, 1.807) is 25.1 Å². The zero-order chi connectivity index (χ0) is 9.84. The van der Waals surface area contributed by atoms with E-state index in [0.29, 0.717) is 0 Å². The minimum Gasteiger partial charge on any atom is -0.389 e. The van der Waals surface area contributed by atoms with Gasteiger partial charge in [0.2, 0.25) is 0 Å². The topological polar surface area (TPSA) is 20.2 Å². The summed E-state index contributed by atoms with van der Waals surface area (Å²) in [5.41, 5.74) is 1.60. The van der Waals surface area contributed by atoms with E-state index in [-0.39, 0.29) is 5.82 Å². The van der Waals surface area contributed by atoms with Crippen molar-refractivity contribution in [3.63, 3.8) is 0 Å². The first-order valence-electron chi connectivity index (χ1n) is 4.21. The molecule has 1 rings (SSSR count). The highest BCUT2D eigenvalue weighted by molar-refractivity contribution is 5.52. The van der Waals surface area contributed by atoms with Crippen LogP contribution in [0.15, 0.2) is 29.8 Å². The molecule has 1 aromatic rings. The molecule has 13 heavy (non-hydrogen) atoms. The van der Waals surface area contributed by atoms with Crippen molar-refractivity contribution in [3.05, 3.63) is 41.2 Å². The summed E-state index contributed by atoms with van der Waals surface area (Å²) >= 11 is 0. The Morgan fingerprint density at radius 1 is 1.54 bits per heavy atom. The molecule has 2 heteroatoms. The SMILES string of the molecule is C/C(=C\c1cccc(F)c1)C(C)O. The third-order valence-electron chi connectivity index (χ3n) is 1.90. The van der Waals surface area contributed by atoms with Crippen molar-refractivity contribution < 1.29 is 9.50 Å². The molecule has 0 heterocycles. The lowest BCUT2D eigenvalue weighted by molar-refractivity contribution is 0.232. The van der Waals surface area contributed by atoms with Gasteiger partial charge in [0.1, 0.15) is 5.82 Å². The van der Waals surface area contributed by atoms with Crippen molar-refractivity contribution in [2.24, 2.45) is 0 Å². The predicted molar refractivity (Wildman–Crippen MR) is 51.7 cm³/mol. The number of hydrogen-bond donors (Lipinski definition) is 1. The zero-order valence-electron chi connectivity index (χ0n) is 7.79. The highest BCUT2D eigenvalue weighted by Crippen LogP contribution is 2.10. The van der Waals surface area contributed by atoms with Crippen LogP contribution >= 0.6 is 0 Å². The Labute approximate surface area is 77.5 Å². The number of hydrogen-bond acceptors (Lipinski definition) is 1.